The number of rotatable bonds is 7. The Morgan fingerprint density at radius 3 is 2.82 bits per heavy atom. The van der Waals surface area contributed by atoms with Crippen molar-refractivity contribution < 1.29 is 49.0 Å². The number of carboxylic acid groups (broad SMARTS) is 1. The topological polar surface area (TPSA) is 172 Å². The summed E-state index contributed by atoms with van der Waals surface area (Å²) in [6, 6.07) is -0.915. The van der Waals surface area contributed by atoms with Crippen molar-refractivity contribution >= 4 is 74.9 Å². The third-order valence-corrected chi connectivity index (χ3v) is 7.96. The number of thioether (sulfide) groups is 2. The monoisotopic (exact) mass is 536 g/mol. The van der Waals surface area contributed by atoms with Gasteiger partial charge in [-0.2, -0.15) is 0 Å². The molecule has 2 aromatic heterocycles. The van der Waals surface area contributed by atoms with Crippen LogP contribution in [0, 0.1) is 0 Å². The fraction of sp³-hybridized carbons (Fsp3) is 0.312. The number of anilines is 1. The molecule has 2 aromatic rings. The molecule has 4 heterocycles. The van der Waals surface area contributed by atoms with E-state index in [2.05, 4.69) is 25.8 Å². The number of aromatic nitrogens is 5. The Kier molecular flexibility index (Phi) is 8.47. The van der Waals surface area contributed by atoms with E-state index < -0.39 is 29.2 Å². The van der Waals surface area contributed by atoms with Crippen molar-refractivity contribution in [3.8, 4) is 0 Å². The maximum atomic E-state index is 12.8. The number of thiazole rings is 1. The molecule has 0 radical (unpaired) electrons. The average molecular weight is 537 g/mol. The minimum atomic E-state index is -1.46. The van der Waals surface area contributed by atoms with E-state index in [9.17, 15) is 19.5 Å². The number of nitrogens with zero attached hydrogens (tertiary/aromatic N) is 6. The summed E-state index contributed by atoms with van der Waals surface area (Å²) in [7, 11) is 1.66. The summed E-state index contributed by atoms with van der Waals surface area (Å²) < 4.78 is 1.46. The molecule has 1 fully saturated rings. The van der Waals surface area contributed by atoms with Gasteiger partial charge in [-0.25, -0.2) is 9.67 Å². The number of fused-ring (bicyclic) bond motifs is 1. The van der Waals surface area contributed by atoms with Gasteiger partial charge in [0.05, 0.1) is 22.9 Å². The fourth-order valence-corrected chi connectivity index (χ4v) is 6.24. The van der Waals surface area contributed by atoms with Gasteiger partial charge in [0.25, 0.3) is 11.8 Å². The molecule has 2 aliphatic rings. The summed E-state index contributed by atoms with van der Waals surface area (Å²) in [5, 5.41) is 27.3. The maximum Gasteiger partial charge on any atom is 1.00 e. The molecule has 33 heavy (non-hydrogen) atoms. The summed E-state index contributed by atoms with van der Waals surface area (Å²) in [4.78, 5) is 42.4. The van der Waals surface area contributed by atoms with Gasteiger partial charge >= 0.3 is 29.6 Å². The van der Waals surface area contributed by atoms with Crippen LogP contribution in [0.3, 0.4) is 0 Å². The normalized spacial score (nSPS) is 20.1. The second-order valence-electron chi connectivity index (χ2n) is 6.57. The summed E-state index contributed by atoms with van der Waals surface area (Å²) in [5.41, 5.74) is 7.32. The third kappa shape index (κ3) is 5.08. The zero-order valence-electron chi connectivity index (χ0n) is 17.2. The number of β-lactam (4-membered cyclic amide) rings is 1. The summed E-state index contributed by atoms with van der Waals surface area (Å²) in [5.74, 6) is -2.02. The molecule has 4 rings (SSSR count). The van der Waals surface area contributed by atoms with Crippen molar-refractivity contribution in [1.82, 2.24) is 35.4 Å². The van der Waals surface area contributed by atoms with Gasteiger partial charge in [0.1, 0.15) is 11.4 Å². The number of carbonyl (C=O) groups excluding carboxylic acids is 3. The van der Waals surface area contributed by atoms with E-state index in [1.54, 1.807) is 12.4 Å². The van der Waals surface area contributed by atoms with Crippen LogP contribution in [0.5, 0.6) is 0 Å². The Labute approximate surface area is 226 Å². The van der Waals surface area contributed by atoms with Crippen LogP contribution in [0.4, 0.5) is 5.13 Å². The van der Waals surface area contributed by atoms with Gasteiger partial charge in [0.2, 0.25) is 5.16 Å². The van der Waals surface area contributed by atoms with E-state index in [-0.39, 0.29) is 57.4 Å². The first kappa shape index (κ1) is 26.0. The fourth-order valence-electron chi connectivity index (χ4n) is 3.13. The van der Waals surface area contributed by atoms with Crippen LogP contribution in [0.1, 0.15) is 5.69 Å². The predicted molar refractivity (Wildman–Crippen MR) is 117 cm³/mol. The standard InChI is InChI=1S/C16H15ClN8O4S3.Na/c1-24-16(21-22-23-24)32-4-6-3-30-13-9(12(27)25(13)10(6)14(28)29)20-11(26)7(2-17)8-5-31-15(18)19-8;/h2,5,9,13H,3-4H2,1H3,(H2,18,19)(H,20,26)(H,28,29);/q;+1/p-1/b7-2+;/t9?,13-;/m1./s1. The summed E-state index contributed by atoms with van der Waals surface area (Å²) in [6.07, 6.45) is 0. The molecule has 1 unspecified atom stereocenters. The van der Waals surface area contributed by atoms with Crippen molar-refractivity contribution in [1.29, 1.82) is 0 Å². The summed E-state index contributed by atoms with van der Waals surface area (Å²) in [6.45, 7) is 0. The number of aryl methyl sites for hydroxylation is 1. The number of tetrazole rings is 1. The zero-order valence-corrected chi connectivity index (χ0v) is 22.4. The molecular formula is C16H14ClN8NaO4S3. The molecule has 168 valence electrons. The van der Waals surface area contributed by atoms with Gasteiger partial charge in [-0.05, 0) is 16.0 Å². The van der Waals surface area contributed by atoms with Gasteiger partial charge < -0.3 is 21.0 Å². The van der Waals surface area contributed by atoms with Crippen molar-refractivity contribution in [2.45, 2.75) is 16.6 Å². The number of carbonyl (C=O) groups is 3. The number of amides is 2. The minimum Gasteiger partial charge on any atom is -0.543 e. The van der Waals surface area contributed by atoms with E-state index in [4.69, 9.17) is 17.3 Å². The number of nitrogens with one attached hydrogen (secondary N) is 1. The van der Waals surface area contributed by atoms with Crippen LogP contribution in [0.15, 0.2) is 27.3 Å². The van der Waals surface area contributed by atoms with Crippen molar-refractivity contribution in [2.24, 2.45) is 7.05 Å². The second kappa shape index (κ2) is 10.8. The SMILES string of the molecule is Cn1nnnc1SCC1=C(C(=O)[O-])N2C(=O)C(NC(=O)/C(=C/Cl)c3csc(N)n3)[C@H]2SC1.[Na+]. The molecular weight excluding hydrogens is 523 g/mol. The molecule has 2 aliphatic heterocycles. The Balaban J connectivity index is 0.00000306. The van der Waals surface area contributed by atoms with Crippen molar-refractivity contribution in [2.75, 3.05) is 17.2 Å². The smallest absolute Gasteiger partial charge is 0.543 e. The number of nitrogens with two attached hydrogens (primary N) is 1. The van der Waals surface area contributed by atoms with Crippen LogP contribution in [0.2, 0.25) is 0 Å². The Morgan fingerprint density at radius 2 is 2.24 bits per heavy atom. The molecule has 17 heteroatoms. The van der Waals surface area contributed by atoms with E-state index >= 15 is 0 Å². The first-order chi connectivity index (χ1) is 15.3. The molecule has 0 saturated carbocycles. The van der Waals surface area contributed by atoms with Crippen LogP contribution >= 0.6 is 46.5 Å². The van der Waals surface area contributed by atoms with Crippen LogP contribution < -0.4 is 45.7 Å². The van der Waals surface area contributed by atoms with Crippen molar-refractivity contribution in [3.63, 3.8) is 0 Å². The number of aliphatic carboxylic acids is 1. The second-order valence-corrected chi connectivity index (χ2v) is 9.72. The zero-order chi connectivity index (χ0) is 23.0. The number of carboxylic acids is 1. The summed E-state index contributed by atoms with van der Waals surface area (Å²) >= 11 is 9.52. The number of nitrogen functional groups attached to an aromatic ring is 1. The van der Waals surface area contributed by atoms with Crippen molar-refractivity contribution in [3.05, 3.63) is 27.9 Å². The molecule has 3 N–H and O–H groups in total. The predicted octanol–water partition coefficient (Wildman–Crippen LogP) is -3.97. The third-order valence-electron chi connectivity index (χ3n) is 4.64. The Morgan fingerprint density at radius 1 is 1.48 bits per heavy atom. The molecule has 12 nitrogen and oxygen atoms in total. The van der Waals surface area contributed by atoms with Gasteiger partial charge in [-0.15, -0.1) is 28.2 Å². The van der Waals surface area contributed by atoms with E-state index in [0.717, 1.165) is 21.8 Å². The van der Waals surface area contributed by atoms with Gasteiger partial charge in [-0.1, -0.05) is 23.4 Å². The van der Waals surface area contributed by atoms with E-state index in [0.29, 0.717) is 16.5 Å². The number of hydrogen-bond acceptors (Lipinski definition) is 12. The van der Waals surface area contributed by atoms with Gasteiger partial charge in [-0.3, -0.25) is 14.5 Å². The molecule has 1 saturated heterocycles. The number of hydrogen-bond donors (Lipinski definition) is 2. The average Bonchev–Trinajstić information content (AvgIpc) is 3.37. The van der Waals surface area contributed by atoms with Crippen LogP contribution in [0.25, 0.3) is 5.57 Å². The van der Waals surface area contributed by atoms with Crippen LogP contribution in [-0.2, 0) is 21.4 Å². The Bertz CT molecular complexity index is 1170. The van der Waals surface area contributed by atoms with Crippen LogP contribution in [-0.4, -0.2) is 70.8 Å². The van der Waals surface area contributed by atoms with E-state index in [1.807, 2.05) is 0 Å². The molecule has 0 aromatic carbocycles. The number of halogens is 1. The molecule has 2 atom stereocenters. The first-order valence-corrected chi connectivity index (χ1v) is 12.2. The first-order valence-electron chi connectivity index (χ1n) is 8.87. The largest absolute Gasteiger partial charge is 1.00 e. The molecule has 0 bridgehead atoms. The molecule has 2 amide bonds. The van der Waals surface area contributed by atoms with Gasteiger partial charge in [0, 0.05) is 29.5 Å². The maximum absolute atomic E-state index is 12.8. The molecule has 0 spiro atoms. The molecule has 0 aliphatic carbocycles. The van der Waals surface area contributed by atoms with Gasteiger partial charge in [0.15, 0.2) is 5.13 Å². The quantitative estimate of drug-likeness (QED) is 0.153. The minimum absolute atomic E-state index is 0. The Hall–Kier alpha value is -1.62. The van der Waals surface area contributed by atoms with E-state index in [1.165, 1.54) is 28.2 Å².